The van der Waals surface area contributed by atoms with E-state index < -0.39 is 11.8 Å². The van der Waals surface area contributed by atoms with Gasteiger partial charge in [0.2, 0.25) is 5.75 Å². The van der Waals surface area contributed by atoms with Crippen molar-refractivity contribution in [2.24, 2.45) is 0 Å². The van der Waals surface area contributed by atoms with E-state index in [9.17, 15) is 14.3 Å². The number of ether oxygens (including phenoxy) is 3. The van der Waals surface area contributed by atoms with Crippen molar-refractivity contribution in [3.05, 3.63) is 59.0 Å². The highest BCUT2D eigenvalue weighted by Crippen LogP contribution is 2.39. The Morgan fingerprint density at radius 3 is 2.38 bits per heavy atom. The van der Waals surface area contributed by atoms with Crippen molar-refractivity contribution in [3.8, 4) is 17.2 Å². The highest BCUT2D eigenvalue weighted by Gasteiger charge is 2.14. The fourth-order valence-electron chi connectivity index (χ4n) is 2.95. The number of pyridine rings is 1. The van der Waals surface area contributed by atoms with Crippen molar-refractivity contribution < 1.29 is 28.5 Å². The Labute approximate surface area is 167 Å². The van der Waals surface area contributed by atoms with Gasteiger partial charge in [-0.1, -0.05) is 6.08 Å². The summed E-state index contributed by atoms with van der Waals surface area (Å²) in [5.41, 5.74) is 1.44. The standard InChI is InChI=1S/C22H20FNO5/c1-4-29-21-19(27-2)9-13(10-20(21)28-3)5-7-15-12-17(22(25)26)16-8-6-14(23)11-18(16)24-15/h5-12H,4H2,1-3H3,(H,25,26)/b7-5+. The van der Waals surface area contributed by atoms with Gasteiger partial charge < -0.3 is 19.3 Å². The Hall–Kier alpha value is -3.61. The van der Waals surface area contributed by atoms with Gasteiger partial charge in [0.05, 0.1) is 37.6 Å². The zero-order chi connectivity index (χ0) is 21.0. The van der Waals surface area contributed by atoms with Crippen molar-refractivity contribution >= 4 is 29.0 Å². The molecule has 0 amide bonds. The van der Waals surface area contributed by atoms with Gasteiger partial charge in [-0.3, -0.25) is 0 Å². The van der Waals surface area contributed by atoms with Crippen LogP contribution in [0.2, 0.25) is 0 Å². The molecule has 2 aromatic carbocycles. The number of halogens is 1. The number of methoxy groups -OCH3 is 2. The predicted octanol–water partition coefficient (Wildman–Crippen LogP) is 4.66. The molecule has 150 valence electrons. The maximum absolute atomic E-state index is 13.6. The van der Waals surface area contributed by atoms with Gasteiger partial charge in [-0.2, -0.15) is 0 Å². The van der Waals surface area contributed by atoms with Gasteiger partial charge in [0.1, 0.15) is 5.82 Å². The first kappa shape index (κ1) is 20.1. The summed E-state index contributed by atoms with van der Waals surface area (Å²) in [6, 6.07) is 8.82. The van der Waals surface area contributed by atoms with Crippen molar-refractivity contribution in [2.75, 3.05) is 20.8 Å². The molecule has 0 aliphatic carbocycles. The summed E-state index contributed by atoms with van der Waals surface area (Å²) in [7, 11) is 3.06. The third-order valence-corrected chi connectivity index (χ3v) is 4.24. The van der Waals surface area contributed by atoms with Crippen LogP contribution in [0.1, 0.15) is 28.5 Å². The van der Waals surface area contributed by atoms with Crippen LogP contribution < -0.4 is 14.2 Å². The molecule has 0 bridgehead atoms. The van der Waals surface area contributed by atoms with Crippen molar-refractivity contribution in [1.29, 1.82) is 0 Å². The Morgan fingerprint density at radius 2 is 1.79 bits per heavy atom. The lowest BCUT2D eigenvalue weighted by molar-refractivity contribution is 0.0699. The number of aromatic carboxylic acids is 1. The van der Waals surface area contributed by atoms with Crippen LogP contribution in [0.25, 0.3) is 23.1 Å². The number of carbonyl (C=O) groups is 1. The lowest BCUT2D eigenvalue weighted by Gasteiger charge is -2.14. The Morgan fingerprint density at radius 1 is 1.10 bits per heavy atom. The summed E-state index contributed by atoms with van der Waals surface area (Å²) in [4.78, 5) is 15.9. The first-order valence-electron chi connectivity index (χ1n) is 8.87. The van der Waals surface area contributed by atoms with Crippen LogP contribution in [0.15, 0.2) is 36.4 Å². The molecule has 1 N–H and O–H groups in total. The third-order valence-electron chi connectivity index (χ3n) is 4.24. The van der Waals surface area contributed by atoms with Gasteiger partial charge in [-0.25, -0.2) is 14.2 Å². The summed E-state index contributed by atoms with van der Waals surface area (Å²) < 4.78 is 29.9. The van der Waals surface area contributed by atoms with E-state index in [1.165, 1.54) is 38.5 Å². The minimum Gasteiger partial charge on any atom is -0.493 e. The van der Waals surface area contributed by atoms with Crippen molar-refractivity contribution in [2.45, 2.75) is 6.92 Å². The zero-order valence-corrected chi connectivity index (χ0v) is 16.2. The monoisotopic (exact) mass is 397 g/mol. The van der Waals surface area contributed by atoms with E-state index in [1.807, 2.05) is 6.92 Å². The molecule has 0 aliphatic heterocycles. The van der Waals surface area contributed by atoms with E-state index in [0.717, 1.165) is 5.56 Å². The molecule has 0 spiro atoms. The number of fused-ring (bicyclic) bond motifs is 1. The maximum Gasteiger partial charge on any atom is 0.336 e. The van der Waals surface area contributed by atoms with E-state index in [0.29, 0.717) is 34.9 Å². The van der Waals surface area contributed by atoms with Crippen LogP contribution in [0.5, 0.6) is 17.2 Å². The largest absolute Gasteiger partial charge is 0.493 e. The van der Waals surface area contributed by atoms with Crippen LogP contribution in [0.4, 0.5) is 4.39 Å². The van der Waals surface area contributed by atoms with Gasteiger partial charge >= 0.3 is 5.97 Å². The molecular weight excluding hydrogens is 377 g/mol. The number of aromatic nitrogens is 1. The second kappa shape index (κ2) is 8.60. The second-order valence-electron chi connectivity index (χ2n) is 6.08. The topological polar surface area (TPSA) is 77.9 Å². The molecule has 3 aromatic rings. The van der Waals surface area contributed by atoms with Crippen LogP contribution in [0.3, 0.4) is 0 Å². The van der Waals surface area contributed by atoms with Gasteiger partial charge in [-0.05, 0) is 48.9 Å². The van der Waals surface area contributed by atoms with Gasteiger partial charge in [-0.15, -0.1) is 0 Å². The molecule has 1 heterocycles. The Bertz CT molecular complexity index is 1070. The first-order valence-corrected chi connectivity index (χ1v) is 8.87. The molecule has 0 unspecified atom stereocenters. The average Bonchev–Trinajstić information content (AvgIpc) is 2.71. The number of benzene rings is 2. The van der Waals surface area contributed by atoms with Gasteiger partial charge in [0, 0.05) is 11.5 Å². The number of hydrogen-bond donors (Lipinski definition) is 1. The highest BCUT2D eigenvalue weighted by atomic mass is 19.1. The lowest BCUT2D eigenvalue weighted by atomic mass is 10.1. The van der Waals surface area contributed by atoms with E-state index in [1.54, 1.807) is 24.3 Å². The molecule has 7 heteroatoms. The molecular formula is C22H20FNO5. The first-order chi connectivity index (χ1) is 14.0. The maximum atomic E-state index is 13.6. The molecule has 0 aliphatic rings. The smallest absolute Gasteiger partial charge is 0.336 e. The predicted molar refractivity (Wildman–Crippen MR) is 108 cm³/mol. The van der Waals surface area contributed by atoms with E-state index >= 15 is 0 Å². The average molecular weight is 397 g/mol. The van der Waals surface area contributed by atoms with Crippen LogP contribution >= 0.6 is 0 Å². The van der Waals surface area contributed by atoms with Crippen LogP contribution in [0, 0.1) is 5.82 Å². The van der Waals surface area contributed by atoms with Gasteiger partial charge in [0.25, 0.3) is 0 Å². The summed E-state index contributed by atoms with van der Waals surface area (Å²) in [5, 5.41) is 9.86. The minimum atomic E-state index is -1.11. The highest BCUT2D eigenvalue weighted by molar-refractivity contribution is 6.03. The summed E-state index contributed by atoms with van der Waals surface area (Å²) >= 11 is 0. The number of carboxylic acid groups (broad SMARTS) is 1. The fourth-order valence-corrected chi connectivity index (χ4v) is 2.95. The molecule has 0 fully saturated rings. The van der Waals surface area contributed by atoms with E-state index in [-0.39, 0.29) is 11.1 Å². The Balaban J connectivity index is 2.05. The number of nitrogens with zero attached hydrogens (tertiary/aromatic N) is 1. The second-order valence-corrected chi connectivity index (χ2v) is 6.08. The van der Waals surface area contributed by atoms with Crippen molar-refractivity contribution in [3.63, 3.8) is 0 Å². The Kier molecular flexibility index (Phi) is 5.97. The fraction of sp³-hybridized carbons (Fsp3) is 0.182. The SMILES string of the molecule is CCOc1c(OC)cc(/C=C/c2cc(C(=O)O)c3ccc(F)cc3n2)cc1OC. The normalized spacial score (nSPS) is 11.0. The van der Waals surface area contributed by atoms with Crippen molar-refractivity contribution in [1.82, 2.24) is 4.98 Å². The summed E-state index contributed by atoms with van der Waals surface area (Å²) in [5.74, 6) is -0.0788. The molecule has 1 aromatic heterocycles. The quantitative estimate of drug-likeness (QED) is 0.625. The van der Waals surface area contributed by atoms with Crippen LogP contribution in [-0.2, 0) is 0 Å². The van der Waals surface area contributed by atoms with Gasteiger partial charge in [0.15, 0.2) is 11.5 Å². The molecule has 29 heavy (non-hydrogen) atoms. The summed E-state index contributed by atoms with van der Waals surface area (Å²) in [6.07, 6.45) is 3.38. The lowest BCUT2D eigenvalue weighted by Crippen LogP contribution is -2.00. The summed E-state index contributed by atoms with van der Waals surface area (Å²) in [6.45, 7) is 2.32. The number of rotatable bonds is 7. The number of carboxylic acids is 1. The van der Waals surface area contributed by atoms with E-state index in [4.69, 9.17) is 14.2 Å². The molecule has 6 nitrogen and oxygen atoms in total. The number of hydrogen-bond acceptors (Lipinski definition) is 5. The minimum absolute atomic E-state index is 0.0523. The molecule has 0 saturated heterocycles. The molecule has 0 saturated carbocycles. The third kappa shape index (κ3) is 4.29. The van der Waals surface area contributed by atoms with E-state index in [2.05, 4.69) is 4.98 Å². The van der Waals surface area contributed by atoms with Crippen LogP contribution in [-0.4, -0.2) is 36.9 Å². The molecule has 0 radical (unpaired) electrons. The molecule has 3 rings (SSSR count). The zero-order valence-electron chi connectivity index (χ0n) is 16.2. The molecule has 0 atom stereocenters.